The summed E-state index contributed by atoms with van der Waals surface area (Å²) in [6.07, 6.45) is 9.66. The highest BCUT2D eigenvalue weighted by Crippen LogP contribution is 2.30. The predicted octanol–water partition coefficient (Wildman–Crippen LogP) is 4.63. The van der Waals surface area contributed by atoms with Gasteiger partial charge in [0, 0.05) is 35.4 Å². The van der Waals surface area contributed by atoms with Gasteiger partial charge in [-0.3, -0.25) is 9.79 Å². The highest BCUT2D eigenvalue weighted by atomic mass is 35.5. The van der Waals surface area contributed by atoms with E-state index in [1.165, 1.54) is 6.08 Å². The highest BCUT2D eigenvalue weighted by molar-refractivity contribution is 6.33. The van der Waals surface area contributed by atoms with Crippen LogP contribution in [-0.2, 0) is 0 Å². The topological polar surface area (TPSA) is 80.4 Å². The Kier molecular flexibility index (Phi) is 5.27. The smallest absolute Gasteiger partial charge is 0.151 e. The number of nitrogens with one attached hydrogen (secondary N) is 1. The molecule has 2 unspecified atom stereocenters. The number of carbonyl (C=O) groups is 1. The first kappa shape index (κ1) is 19.1. The molecular formula is C22H18ClFN4O. The molecule has 1 aromatic carbocycles. The van der Waals surface area contributed by atoms with Crippen LogP contribution >= 0.6 is 11.6 Å². The number of nitrogens with zero attached hydrogens (tertiary/aromatic N) is 2. The standard InChI is InChI=1S/C22H18ClFN4O/c23-17-9-14(3-4-15(17)12-29)20-6-5-19(25)22(28-20)27-11-16-8-13-2-1-7-26-21(13)10-18(16)24/h1-10,12-13,21H,11,25H2,(H,27,28). The Morgan fingerprint density at radius 1 is 1.24 bits per heavy atom. The molecule has 0 saturated carbocycles. The molecule has 7 heteroatoms. The van der Waals surface area contributed by atoms with Crippen LogP contribution in [0.2, 0.25) is 5.02 Å². The van der Waals surface area contributed by atoms with Crippen molar-refractivity contribution in [1.82, 2.24) is 4.98 Å². The summed E-state index contributed by atoms with van der Waals surface area (Å²) in [4.78, 5) is 19.8. The van der Waals surface area contributed by atoms with Crippen LogP contribution in [0.15, 0.2) is 71.0 Å². The number of rotatable bonds is 5. The van der Waals surface area contributed by atoms with Crippen molar-refractivity contribution in [2.75, 3.05) is 17.6 Å². The number of allylic oxidation sites excluding steroid dienone is 1. The summed E-state index contributed by atoms with van der Waals surface area (Å²) in [6, 6.07) is 8.38. The van der Waals surface area contributed by atoms with Gasteiger partial charge in [0.2, 0.25) is 0 Å². The minimum atomic E-state index is -0.294. The first-order chi connectivity index (χ1) is 14.0. The second-order valence-corrected chi connectivity index (χ2v) is 7.21. The van der Waals surface area contributed by atoms with Crippen molar-refractivity contribution < 1.29 is 9.18 Å². The zero-order valence-corrected chi connectivity index (χ0v) is 16.1. The highest BCUT2D eigenvalue weighted by Gasteiger charge is 2.24. The van der Waals surface area contributed by atoms with Gasteiger partial charge in [0.1, 0.15) is 11.6 Å². The van der Waals surface area contributed by atoms with Crippen molar-refractivity contribution in [3.63, 3.8) is 0 Å². The summed E-state index contributed by atoms with van der Waals surface area (Å²) < 4.78 is 14.4. The van der Waals surface area contributed by atoms with Crippen molar-refractivity contribution in [2.24, 2.45) is 10.9 Å². The number of nitrogen functional groups attached to an aromatic ring is 1. The molecule has 2 aromatic rings. The first-order valence-electron chi connectivity index (χ1n) is 9.09. The molecule has 146 valence electrons. The molecule has 0 radical (unpaired) electrons. The van der Waals surface area contributed by atoms with E-state index in [2.05, 4.69) is 15.3 Å². The zero-order chi connectivity index (χ0) is 20.4. The maximum absolute atomic E-state index is 14.4. The molecule has 2 heterocycles. The molecule has 0 amide bonds. The van der Waals surface area contributed by atoms with Gasteiger partial charge in [0.25, 0.3) is 0 Å². The van der Waals surface area contributed by atoms with E-state index in [1.807, 2.05) is 18.2 Å². The summed E-state index contributed by atoms with van der Waals surface area (Å²) in [6.45, 7) is 0.245. The third-order valence-electron chi connectivity index (χ3n) is 4.89. The number of halogens is 2. The number of benzene rings is 1. The van der Waals surface area contributed by atoms with Crippen molar-refractivity contribution >= 4 is 35.6 Å². The fraction of sp³-hybridized carbons (Fsp3) is 0.136. The van der Waals surface area contributed by atoms with Gasteiger partial charge in [-0.1, -0.05) is 29.8 Å². The predicted molar refractivity (Wildman–Crippen MR) is 115 cm³/mol. The number of fused-ring (bicyclic) bond motifs is 1. The van der Waals surface area contributed by atoms with Crippen molar-refractivity contribution in [1.29, 1.82) is 0 Å². The van der Waals surface area contributed by atoms with E-state index in [0.717, 1.165) is 5.56 Å². The molecule has 0 saturated heterocycles. The van der Waals surface area contributed by atoms with Gasteiger partial charge in [0.15, 0.2) is 6.29 Å². The van der Waals surface area contributed by atoms with Crippen molar-refractivity contribution in [3.05, 3.63) is 76.6 Å². The third-order valence-corrected chi connectivity index (χ3v) is 5.21. The molecule has 4 rings (SSSR count). The summed E-state index contributed by atoms with van der Waals surface area (Å²) >= 11 is 6.11. The molecule has 5 nitrogen and oxygen atoms in total. The molecule has 0 spiro atoms. The number of hydrogen-bond acceptors (Lipinski definition) is 5. The molecule has 1 aliphatic carbocycles. The van der Waals surface area contributed by atoms with Gasteiger partial charge in [-0.15, -0.1) is 0 Å². The Morgan fingerprint density at radius 2 is 2.10 bits per heavy atom. The van der Waals surface area contributed by atoms with Crippen molar-refractivity contribution in [3.8, 4) is 11.3 Å². The van der Waals surface area contributed by atoms with E-state index < -0.39 is 0 Å². The van der Waals surface area contributed by atoms with E-state index in [1.54, 1.807) is 36.5 Å². The molecule has 1 aromatic heterocycles. The summed E-state index contributed by atoms with van der Waals surface area (Å²) in [7, 11) is 0. The number of pyridine rings is 1. The fourth-order valence-electron chi connectivity index (χ4n) is 3.29. The molecule has 2 aliphatic rings. The molecule has 2 atom stereocenters. The number of aromatic nitrogens is 1. The lowest BCUT2D eigenvalue weighted by molar-refractivity contribution is 0.112. The number of aliphatic imine (C=N–C) groups is 1. The maximum atomic E-state index is 14.4. The molecule has 29 heavy (non-hydrogen) atoms. The van der Waals surface area contributed by atoms with Gasteiger partial charge in [0.05, 0.1) is 22.4 Å². The Hall–Kier alpha value is -3.25. The quantitative estimate of drug-likeness (QED) is 0.707. The van der Waals surface area contributed by atoms with E-state index in [-0.39, 0.29) is 24.3 Å². The van der Waals surface area contributed by atoms with Gasteiger partial charge in [-0.2, -0.15) is 0 Å². The summed E-state index contributed by atoms with van der Waals surface area (Å²) in [5, 5.41) is 3.47. The SMILES string of the molecule is Nc1ccc(-c2ccc(C=O)c(Cl)c2)nc1NCC1=CC2C=CC=NC2C=C1F. The second kappa shape index (κ2) is 8.01. The summed E-state index contributed by atoms with van der Waals surface area (Å²) in [5.41, 5.74) is 8.83. The molecule has 0 fully saturated rings. The minimum Gasteiger partial charge on any atom is -0.396 e. The van der Waals surface area contributed by atoms with Crippen LogP contribution in [0.5, 0.6) is 0 Å². The van der Waals surface area contributed by atoms with Crippen LogP contribution in [0, 0.1) is 5.92 Å². The van der Waals surface area contributed by atoms with Crippen LogP contribution in [0.3, 0.4) is 0 Å². The normalized spacial score (nSPS) is 19.9. The number of anilines is 2. The van der Waals surface area contributed by atoms with Crippen LogP contribution in [0.25, 0.3) is 11.3 Å². The average Bonchev–Trinajstić information content (AvgIpc) is 2.73. The lowest BCUT2D eigenvalue weighted by Gasteiger charge is -2.24. The number of hydrogen-bond donors (Lipinski definition) is 2. The molecule has 0 bridgehead atoms. The largest absolute Gasteiger partial charge is 0.396 e. The number of aldehydes is 1. The Bertz CT molecular complexity index is 1090. The van der Waals surface area contributed by atoms with Gasteiger partial charge in [-0.25, -0.2) is 9.37 Å². The molecular weight excluding hydrogens is 391 g/mol. The summed E-state index contributed by atoms with van der Waals surface area (Å²) in [5.74, 6) is 0.203. The van der Waals surface area contributed by atoms with Gasteiger partial charge >= 0.3 is 0 Å². The van der Waals surface area contributed by atoms with Gasteiger partial charge in [-0.05, 0) is 36.4 Å². The lowest BCUT2D eigenvalue weighted by atomic mass is 9.89. The lowest BCUT2D eigenvalue weighted by Crippen LogP contribution is -2.22. The maximum Gasteiger partial charge on any atom is 0.151 e. The number of carbonyl (C=O) groups excluding carboxylic acids is 1. The van der Waals surface area contributed by atoms with Crippen LogP contribution in [0.4, 0.5) is 15.9 Å². The monoisotopic (exact) mass is 408 g/mol. The average molecular weight is 409 g/mol. The van der Waals surface area contributed by atoms with E-state index in [0.29, 0.717) is 39.6 Å². The Labute approximate surface area is 172 Å². The number of dihydropyridines is 1. The second-order valence-electron chi connectivity index (χ2n) is 6.80. The van der Waals surface area contributed by atoms with Gasteiger partial charge < -0.3 is 11.1 Å². The molecule has 3 N–H and O–H groups in total. The fourth-order valence-corrected chi connectivity index (χ4v) is 3.52. The minimum absolute atomic E-state index is 0.0476. The van der Waals surface area contributed by atoms with E-state index in [9.17, 15) is 9.18 Å². The Morgan fingerprint density at radius 3 is 2.90 bits per heavy atom. The van der Waals surface area contributed by atoms with Crippen LogP contribution in [0.1, 0.15) is 10.4 Å². The van der Waals surface area contributed by atoms with E-state index >= 15 is 0 Å². The van der Waals surface area contributed by atoms with E-state index in [4.69, 9.17) is 17.3 Å². The molecule has 1 aliphatic heterocycles. The van der Waals surface area contributed by atoms with Crippen LogP contribution in [-0.4, -0.2) is 30.1 Å². The van der Waals surface area contributed by atoms with Crippen molar-refractivity contribution in [2.45, 2.75) is 6.04 Å². The third kappa shape index (κ3) is 3.98. The number of nitrogens with two attached hydrogens (primary N) is 1. The van der Waals surface area contributed by atoms with Crippen LogP contribution < -0.4 is 11.1 Å². The Balaban J connectivity index is 1.54. The zero-order valence-electron chi connectivity index (χ0n) is 15.3. The first-order valence-corrected chi connectivity index (χ1v) is 9.47.